The average Bonchev–Trinajstić information content (AvgIpc) is 2.40. The first-order valence-electron chi connectivity index (χ1n) is 6.37. The summed E-state index contributed by atoms with van der Waals surface area (Å²) >= 11 is 1.32. The molecule has 0 aliphatic heterocycles. The molecule has 0 aliphatic rings. The lowest BCUT2D eigenvalue weighted by atomic mass is 10.3. The number of carboxylic acid groups (broad SMARTS) is 1. The average molecular weight is 310 g/mol. The second-order valence-electron chi connectivity index (χ2n) is 4.53. The number of nitrogens with one attached hydrogen (secondary N) is 2. The normalized spacial score (nSPS) is 13.1. The molecule has 0 saturated carbocycles. The number of hydrogen-bond acceptors (Lipinski definition) is 4. The van der Waals surface area contributed by atoms with Crippen LogP contribution in [0.2, 0.25) is 0 Å². The number of thioether (sulfide) groups is 1. The van der Waals surface area contributed by atoms with Crippen molar-refractivity contribution in [1.82, 2.24) is 5.32 Å². The molecular formula is C14H18N2O4S. The van der Waals surface area contributed by atoms with E-state index in [0.717, 1.165) is 4.90 Å². The lowest BCUT2D eigenvalue weighted by Gasteiger charge is -2.14. The van der Waals surface area contributed by atoms with Crippen molar-refractivity contribution in [2.45, 2.75) is 37.0 Å². The predicted molar refractivity (Wildman–Crippen MR) is 81.3 cm³/mol. The first kappa shape index (κ1) is 17.0. The highest BCUT2D eigenvalue weighted by Gasteiger charge is 2.19. The number of rotatable bonds is 6. The van der Waals surface area contributed by atoms with Crippen LogP contribution >= 0.6 is 11.8 Å². The van der Waals surface area contributed by atoms with Crippen LogP contribution in [0.4, 0.5) is 5.69 Å². The van der Waals surface area contributed by atoms with Gasteiger partial charge in [-0.3, -0.25) is 14.4 Å². The standard InChI is InChI=1S/C14H18N2O4S/c1-8(14(19)20)15-13(18)9(2)21-12-6-4-11(5-7-12)16-10(3)17/h4-9H,1-3H3,(H,15,18)(H,16,17)(H,19,20). The maximum absolute atomic E-state index is 11.8. The van der Waals surface area contributed by atoms with Gasteiger partial charge in [0.05, 0.1) is 5.25 Å². The van der Waals surface area contributed by atoms with Crippen LogP contribution in [-0.4, -0.2) is 34.2 Å². The molecule has 0 fully saturated rings. The summed E-state index contributed by atoms with van der Waals surface area (Å²) in [5.41, 5.74) is 0.684. The van der Waals surface area contributed by atoms with E-state index in [1.54, 1.807) is 31.2 Å². The maximum Gasteiger partial charge on any atom is 0.325 e. The molecule has 2 amide bonds. The van der Waals surface area contributed by atoms with Crippen molar-refractivity contribution in [2.75, 3.05) is 5.32 Å². The molecule has 0 radical (unpaired) electrons. The van der Waals surface area contributed by atoms with E-state index in [0.29, 0.717) is 5.69 Å². The van der Waals surface area contributed by atoms with Gasteiger partial charge in [0.15, 0.2) is 0 Å². The molecule has 21 heavy (non-hydrogen) atoms. The Balaban J connectivity index is 2.57. The van der Waals surface area contributed by atoms with Gasteiger partial charge in [-0.15, -0.1) is 11.8 Å². The Morgan fingerprint density at radius 2 is 1.71 bits per heavy atom. The Labute approximate surface area is 127 Å². The van der Waals surface area contributed by atoms with Crippen molar-refractivity contribution in [3.8, 4) is 0 Å². The minimum Gasteiger partial charge on any atom is -0.480 e. The summed E-state index contributed by atoms with van der Waals surface area (Å²) in [5, 5.41) is 13.4. The van der Waals surface area contributed by atoms with Crippen LogP contribution in [0.15, 0.2) is 29.2 Å². The van der Waals surface area contributed by atoms with Gasteiger partial charge < -0.3 is 15.7 Å². The summed E-state index contributed by atoms with van der Waals surface area (Å²) in [5.74, 6) is -1.55. The summed E-state index contributed by atoms with van der Waals surface area (Å²) in [6, 6.07) is 6.16. The van der Waals surface area contributed by atoms with Gasteiger partial charge in [-0.05, 0) is 38.1 Å². The van der Waals surface area contributed by atoms with Crippen LogP contribution in [0.5, 0.6) is 0 Å². The van der Waals surface area contributed by atoms with E-state index in [-0.39, 0.29) is 11.8 Å². The second-order valence-corrected chi connectivity index (χ2v) is 5.95. The predicted octanol–water partition coefficient (Wildman–Crippen LogP) is 1.71. The zero-order valence-corrected chi connectivity index (χ0v) is 12.9. The van der Waals surface area contributed by atoms with Crippen LogP contribution in [0.1, 0.15) is 20.8 Å². The molecule has 1 aromatic rings. The number of amides is 2. The van der Waals surface area contributed by atoms with Gasteiger partial charge >= 0.3 is 5.97 Å². The molecule has 2 unspecified atom stereocenters. The third kappa shape index (κ3) is 5.86. The molecule has 7 heteroatoms. The number of carbonyl (C=O) groups excluding carboxylic acids is 2. The van der Waals surface area contributed by atoms with Crippen molar-refractivity contribution in [1.29, 1.82) is 0 Å². The molecule has 0 aliphatic carbocycles. The highest BCUT2D eigenvalue weighted by Crippen LogP contribution is 2.24. The number of aliphatic carboxylic acids is 1. The number of benzene rings is 1. The highest BCUT2D eigenvalue weighted by molar-refractivity contribution is 8.00. The molecule has 3 N–H and O–H groups in total. The van der Waals surface area contributed by atoms with Crippen molar-refractivity contribution >= 4 is 35.2 Å². The second kappa shape index (κ2) is 7.68. The first-order valence-corrected chi connectivity index (χ1v) is 7.25. The van der Waals surface area contributed by atoms with Gasteiger partial charge in [-0.2, -0.15) is 0 Å². The van der Waals surface area contributed by atoms with E-state index in [9.17, 15) is 14.4 Å². The van der Waals surface area contributed by atoms with Crippen LogP contribution in [0.3, 0.4) is 0 Å². The molecule has 0 heterocycles. The first-order chi connectivity index (χ1) is 9.79. The smallest absolute Gasteiger partial charge is 0.325 e. The van der Waals surface area contributed by atoms with Crippen LogP contribution in [-0.2, 0) is 14.4 Å². The quantitative estimate of drug-likeness (QED) is 0.695. The molecule has 1 aromatic carbocycles. The van der Waals surface area contributed by atoms with Crippen LogP contribution in [0, 0.1) is 0 Å². The number of carbonyl (C=O) groups is 3. The van der Waals surface area contributed by atoms with Crippen LogP contribution in [0.25, 0.3) is 0 Å². The fourth-order valence-electron chi connectivity index (χ4n) is 1.47. The third-order valence-corrected chi connectivity index (χ3v) is 3.70. The Bertz CT molecular complexity index is 530. The zero-order chi connectivity index (χ0) is 16.0. The van der Waals surface area contributed by atoms with E-state index in [4.69, 9.17) is 5.11 Å². The number of anilines is 1. The lowest BCUT2D eigenvalue weighted by molar-refractivity contribution is -0.141. The molecule has 0 aromatic heterocycles. The number of hydrogen-bond donors (Lipinski definition) is 3. The molecule has 2 atom stereocenters. The minimum atomic E-state index is -1.07. The van der Waals surface area contributed by atoms with Gasteiger partial charge in [0, 0.05) is 17.5 Å². The Hall–Kier alpha value is -2.02. The van der Waals surface area contributed by atoms with E-state index >= 15 is 0 Å². The molecule has 114 valence electrons. The van der Waals surface area contributed by atoms with E-state index in [2.05, 4.69) is 10.6 Å². The fraction of sp³-hybridized carbons (Fsp3) is 0.357. The minimum absolute atomic E-state index is 0.147. The molecule has 0 bridgehead atoms. The SMILES string of the molecule is CC(=O)Nc1ccc(SC(C)C(=O)NC(C)C(=O)O)cc1. The number of carboxylic acids is 1. The Morgan fingerprint density at radius 1 is 1.14 bits per heavy atom. The summed E-state index contributed by atoms with van der Waals surface area (Å²) in [6.07, 6.45) is 0. The largest absolute Gasteiger partial charge is 0.480 e. The Morgan fingerprint density at radius 3 is 2.19 bits per heavy atom. The summed E-state index contributed by atoms with van der Waals surface area (Å²) in [4.78, 5) is 34.3. The zero-order valence-electron chi connectivity index (χ0n) is 12.0. The van der Waals surface area contributed by atoms with Gasteiger partial charge in [0.2, 0.25) is 11.8 Å². The molecule has 0 spiro atoms. The van der Waals surface area contributed by atoms with Gasteiger partial charge in [0.1, 0.15) is 6.04 Å². The highest BCUT2D eigenvalue weighted by atomic mass is 32.2. The maximum atomic E-state index is 11.8. The van der Waals surface area contributed by atoms with E-state index in [1.165, 1.54) is 25.6 Å². The fourth-order valence-corrected chi connectivity index (χ4v) is 2.35. The summed E-state index contributed by atoms with van der Waals surface area (Å²) < 4.78 is 0. The monoisotopic (exact) mass is 310 g/mol. The molecule has 6 nitrogen and oxygen atoms in total. The topological polar surface area (TPSA) is 95.5 Å². The van der Waals surface area contributed by atoms with Crippen molar-refractivity contribution in [3.63, 3.8) is 0 Å². The van der Waals surface area contributed by atoms with Gasteiger partial charge in [-0.1, -0.05) is 0 Å². The van der Waals surface area contributed by atoms with Gasteiger partial charge in [-0.25, -0.2) is 0 Å². The van der Waals surface area contributed by atoms with E-state index in [1.807, 2.05) is 0 Å². The van der Waals surface area contributed by atoms with Crippen molar-refractivity contribution in [3.05, 3.63) is 24.3 Å². The molecular weight excluding hydrogens is 292 g/mol. The van der Waals surface area contributed by atoms with Crippen molar-refractivity contribution < 1.29 is 19.5 Å². The Kier molecular flexibility index (Phi) is 6.23. The summed E-state index contributed by atoms with van der Waals surface area (Å²) in [7, 11) is 0. The third-order valence-electron chi connectivity index (χ3n) is 2.59. The van der Waals surface area contributed by atoms with E-state index < -0.39 is 17.3 Å². The summed E-state index contributed by atoms with van der Waals surface area (Å²) in [6.45, 7) is 4.55. The van der Waals surface area contributed by atoms with Gasteiger partial charge in [0.25, 0.3) is 0 Å². The van der Waals surface area contributed by atoms with Crippen LogP contribution < -0.4 is 10.6 Å². The van der Waals surface area contributed by atoms with Crippen molar-refractivity contribution in [2.24, 2.45) is 0 Å². The molecule has 0 saturated heterocycles. The lowest BCUT2D eigenvalue weighted by Crippen LogP contribution is -2.41. The molecule has 1 rings (SSSR count).